The highest BCUT2D eigenvalue weighted by Gasteiger charge is 2.20. The highest BCUT2D eigenvalue weighted by molar-refractivity contribution is 5.97. The number of fused-ring (bicyclic) bond motifs is 1. The van der Waals surface area contributed by atoms with Crippen molar-refractivity contribution in [2.45, 2.75) is 12.5 Å². The van der Waals surface area contributed by atoms with E-state index < -0.39 is 11.9 Å². The summed E-state index contributed by atoms with van der Waals surface area (Å²) in [7, 11) is 0. The minimum atomic E-state index is -0.854. The van der Waals surface area contributed by atoms with Crippen molar-refractivity contribution in [3.05, 3.63) is 72.1 Å². The molecule has 0 unspecified atom stereocenters. The summed E-state index contributed by atoms with van der Waals surface area (Å²) in [6.45, 7) is 0. The van der Waals surface area contributed by atoms with Crippen LogP contribution in [0.5, 0.6) is 0 Å². The molecule has 0 saturated heterocycles. The highest BCUT2D eigenvalue weighted by atomic mass is 16.2. The Hall–Kier alpha value is -3.28. The monoisotopic (exact) mass is 320 g/mol. The molecule has 1 atom stereocenters. The maximum atomic E-state index is 12.2. The van der Waals surface area contributed by atoms with Crippen LogP contribution in [0.1, 0.15) is 16.1 Å². The first-order valence-corrected chi connectivity index (χ1v) is 7.49. The number of nitrogens with one attached hydrogen (secondary N) is 1. The number of benzene rings is 2. The molecule has 6 heteroatoms. The SMILES string of the molecule is NC(=O)[C@@H](Cc1cnc2ccccc2n1)NC(=O)c1ccccc1. The Kier molecular flexibility index (Phi) is 4.47. The van der Waals surface area contributed by atoms with Gasteiger partial charge < -0.3 is 11.1 Å². The molecule has 0 saturated carbocycles. The van der Waals surface area contributed by atoms with Crippen molar-refractivity contribution in [1.82, 2.24) is 15.3 Å². The second-order valence-electron chi connectivity index (χ2n) is 5.35. The third kappa shape index (κ3) is 3.55. The van der Waals surface area contributed by atoms with Gasteiger partial charge >= 0.3 is 0 Å². The van der Waals surface area contributed by atoms with Gasteiger partial charge in [0.1, 0.15) is 6.04 Å². The Morgan fingerprint density at radius 3 is 2.38 bits per heavy atom. The van der Waals surface area contributed by atoms with E-state index in [-0.39, 0.29) is 12.3 Å². The quantitative estimate of drug-likeness (QED) is 0.743. The van der Waals surface area contributed by atoms with E-state index in [1.807, 2.05) is 30.3 Å². The first-order valence-electron chi connectivity index (χ1n) is 7.49. The molecule has 0 aliphatic rings. The fourth-order valence-electron chi connectivity index (χ4n) is 2.36. The number of nitrogens with zero attached hydrogens (tertiary/aromatic N) is 2. The summed E-state index contributed by atoms with van der Waals surface area (Å²) in [5.41, 5.74) is 7.97. The predicted molar refractivity (Wildman–Crippen MR) is 90.1 cm³/mol. The van der Waals surface area contributed by atoms with E-state index in [4.69, 9.17) is 5.73 Å². The third-order valence-corrected chi connectivity index (χ3v) is 3.60. The Labute approximate surface area is 138 Å². The third-order valence-electron chi connectivity index (χ3n) is 3.60. The van der Waals surface area contributed by atoms with Crippen LogP contribution in [0.15, 0.2) is 60.8 Å². The van der Waals surface area contributed by atoms with Gasteiger partial charge in [0.25, 0.3) is 5.91 Å². The lowest BCUT2D eigenvalue weighted by Gasteiger charge is -2.15. The van der Waals surface area contributed by atoms with Gasteiger partial charge in [-0.25, -0.2) is 4.98 Å². The summed E-state index contributed by atoms with van der Waals surface area (Å²) < 4.78 is 0. The molecule has 0 fully saturated rings. The number of aromatic nitrogens is 2. The first-order chi connectivity index (χ1) is 11.6. The molecule has 120 valence electrons. The van der Waals surface area contributed by atoms with Crippen LogP contribution in [0.3, 0.4) is 0 Å². The molecule has 0 spiro atoms. The molecule has 6 nitrogen and oxygen atoms in total. The van der Waals surface area contributed by atoms with Crippen molar-refractivity contribution < 1.29 is 9.59 Å². The zero-order valence-electron chi connectivity index (χ0n) is 12.8. The van der Waals surface area contributed by atoms with E-state index >= 15 is 0 Å². The number of para-hydroxylation sites is 2. The number of hydrogen-bond donors (Lipinski definition) is 2. The van der Waals surface area contributed by atoms with Crippen LogP contribution in [0, 0.1) is 0 Å². The second-order valence-corrected chi connectivity index (χ2v) is 5.35. The van der Waals surface area contributed by atoms with Gasteiger partial charge in [0.15, 0.2) is 0 Å². The molecule has 3 rings (SSSR count). The number of nitrogens with two attached hydrogens (primary N) is 1. The van der Waals surface area contributed by atoms with Gasteiger partial charge in [-0.3, -0.25) is 14.6 Å². The van der Waals surface area contributed by atoms with E-state index in [0.29, 0.717) is 11.3 Å². The molecule has 0 aliphatic carbocycles. The number of carbonyl (C=O) groups excluding carboxylic acids is 2. The van der Waals surface area contributed by atoms with Crippen molar-refractivity contribution in [3.8, 4) is 0 Å². The second kappa shape index (κ2) is 6.87. The summed E-state index contributed by atoms with van der Waals surface area (Å²) in [6, 6.07) is 15.2. The number of rotatable bonds is 5. The average molecular weight is 320 g/mol. The summed E-state index contributed by atoms with van der Waals surface area (Å²) in [6.07, 6.45) is 1.78. The highest BCUT2D eigenvalue weighted by Crippen LogP contribution is 2.10. The topological polar surface area (TPSA) is 98.0 Å². The van der Waals surface area contributed by atoms with Gasteiger partial charge in [-0.05, 0) is 24.3 Å². The van der Waals surface area contributed by atoms with Crippen molar-refractivity contribution in [2.24, 2.45) is 5.73 Å². The lowest BCUT2D eigenvalue weighted by molar-refractivity contribution is -0.119. The molecule has 0 radical (unpaired) electrons. The molecule has 2 aromatic carbocycles. The zero-order valence-corrected chi connectivity index (χ0v) is 12.8. The lowest BCUT2D eigenvalue weighted by Crippen LogP contribution is -2.46. The number of amides is 2. The van der Waals surface area contributed by atoms with Gasteiger partial charge in [0.2, 0.25) is 5.91 Å². The number of carbonyl (C=O) groups is 2. The molecule has 3 aromatic rings. The Bertz CT molecular complexity index is 880. The van der Waals surface area contributed by atoms with Crippen LogP contribution in [0.25, 0.3) is 11.0 Å². The fraction of sp³-hybridized carbons (Fsp3) is 0.111. The normalized spacial score (nSPS) is 11.8. The van der Waals surface area contributed by atoms with Crippen LogP contribution in [0.4, 0.5) is 0 Å². The Morgan fingerprint density at radius 2 is 1.67 bits per heavy atom. The number of hydrogen-bond acceptors (Lipinski definition) is 4. The van der Waals surface area contributed by atoms with E-state index in [9.17, 15) is 9.59 Å². The smallest absolute Gasteiger partial charge is 0.251 e. The summed E-state index contributed by atoms with van der Waals surface area (Å²) in [5.74, 6) is -0.970. The van der Waals surface area contributed by atoms with Crippen LogP contribution >= 0.6 is 0 Å². The van der Waals surface area contributed by atoms with Gasteiger partial charge in [-0.2, -0.15) is 0 Å². The van der Waals surface area contributed by atoms with Gasteiger partial charge in [0, 0.05) is 18.2 Å². The van der Waals surface area contributed by atoms with E-state index in [2.05, 4.69) is 15.3 Å². The summed E-state index contributed by atoms with van der Waals surface area (Å²) >= 11 is 0. The van der Waals surface area contributed by atoms with Crippen molar-refractivity contribution in [1.29, 1.82) is 0 Å². The van der Waals surface area contributed by atoms with Gasteiger partial charge in [0.05, 0.1) is 16.7 Å². The molecule has 3 N–H and O–H groups in total. The van der Waals surface area contributed by atoms with E-state index in [0.717, 1.165) is 11.0 Å². The van der Waals surface area contributed by atoms with Crippen LogP contribution in [-0.2, 0) is 11.2 Å². The van der Waals surface area contributed by atoms with E-state index in [1.54, 1.807) is 30.5 Å². The number of primary amides is 1. The molecule has 0 bridgehead atoms. The van der Waals surface area contributed by atoms with Crippen LogP contribution < -0.4 is 11.1 Å². The van der Waals surface area contributed by atoms with Crippen LogP contribution in [0.2, 0.25) is 0 Å². The maximum Gasteiger partial charge on any atom is 0.251 e. The Balaban J connectivity index is 1.78. The van der Waals surface area contributed by atoms with Crippen LogP contribution in [-0.4, -0.2) is 27.8 Å². The molecular weight excluding hydrogens is 304 g/mol. The molecule has 1 aromatic heterocycles. The standard InChI is InChI=1S/C18H16N4O2/c19-17(23)16(22-18(24)12-6-2-1-3-7-12)10-13-11-20-14-8-4-5-9-15(14)21-13/h1-9,11,16H,10H2,(H2,19,23)(H,22,24)/t16-/m1/s1. The molecule has 2 amide bonds. The lowest BCUT2D eigenvalue weighted by atomic mass is 10.1. The minimum Gasteiger partial charge on any atom is -0.368 e. The molecule has 24 heavy (non-hydrogen) atoms. The summed E-state index contributed by atoms with van der Waals surface area (Å²) in [5, 5.41) is 2.65. The minimum absolute atomic E-state index is 0.186. The van der Waals surface area contributed by atoms with Crippen molar-refractivity contribution in [2.75, 3.05) is 0 Å². The Morgan fingerprint density at radius 1 is 1.00 bits per heavy atom. The van der Waals surface area contributed by atoms with Crippen molar-refractivity contribution in [3.63, 3.8) is 0 Å². The predicted octanol–water partition coefficient (Wildman–Crippen LogP) is 1.46. The molecule has 0 aliphatic heterocycles. The van der Waals surface area contributed by atoms with Gasteiger partial charge in [-0.15, -0.1) is 0 Å². The fourth-order valence-corrected chi connectivity index (χ4v) is 2.36. The van der Waals surface area contributed by atoms with E-state index in [1.165, 1.54) is 0 Å². The average Bonchev–Trinajstić information content (AvgIpc) is 2.61. The molecular formula is C18H16N4O2. The molecule has 1 heterocycles. The zero-order chi connectivity index (χ0) is 16.9. The van der Waals surface area contributed by atoms with Crippen molar-refractivity contribution >= 4 is 22.8 Å². The summed E-state index contributed by atoms with van der Waals surface area (Å²) in [4.78, 5) is 32.7. The largest absolute Gasteiger partial charge is 0.368 e. The maximum absolute atomic E-state index is 12.2. The first kappa shape index (κ1) is 15.6. The van der Waals surface area contributed by atoms with Gasteiger partial charge in [-0.1, -0.05) is 30.3 Å².